The quantitative estimate of drug-likeness (QED) is 0.295. The van der Waals surface area contributed by atoms with Crippen molar-refractivity contribution in [3.8, 4) is 11.4 Å². The fourth-order valence-electron chi connectivity index (χ4n) is 2.32. The molecule has 2 aromatic carbocycles. The highest BCUT2D eigenvalue weighted by Crippen LogP contribution is 2.21. The number of hydrogen-bond acceptors (Lipinski definition) is 6. The highest BCUT2D eigenvalue weighted by Gasteiger charge is 2.22. The first-order valence-corrected chi connectivity index (χ1v) is 7.76. The normalized spacial score (nSPS) is 10.3. The lowest BCUT2D eigenvalue weighted by Crippen LogP contribution is -2.12. The van der Waals surface area contributed by atoms with Gasteiger partial charge in [0.1, 0.15) is 5.69 Å². The molecule has 128 valence electrons. The fraction of sp³-hybridized carbons (Fsp3) is 0. The average molecular weight is 368 g/mol. The van der Waals surface area contributed by atoms with Crippen molar-refractivity contribution in [1.82, 2.24) is 9.97 Å². The molecule has 0 radical (unpaired) electrons. The molecule has 3 aromatic rings. The summed E-state index contributed by atoms with van der Waals surface area (Å²) in [7, 11) is 0. The number of non-ortho nitro benzene ring substituents is 1. The van der Waals surface area contributed by atoms with Gasteiger partial charge >= 0.3 is 0 Å². The second-order valence-electron chi connectivity index (χ2n) is 5.23. The number of nitro benzene ring substituents is 1. The number of nitro groups is 1. The van der Waals surface area contributed by atoms with Crippen molar-refractivity contribution >= 4 is 28.3 Å². The molecular formula is C18H10ClN3O4. The number of nitrogens with zero attached hydrogens (tertiary/aromatic N) is 3. The Morgan fingerprint density at radius 2 is 1.77 bits per heavy atom. The predicted octanol–water partition coefficient (Wildman–Crippen LogP) is 3.66. The highest BCUT2D eigenvalue weighted by atomic mass is 35.5. The molecule has 0 aliphatic heterocycles. The first-order chi connectivity index (χ1) is 12.5. The summed E-state index contributed by atoms with van der Waals surface area (Å²) in [5.74, 6) is -0.418. The minimum absolute atomic E-state index is 0.0241. The molecule has 0 N–H and O–H groups in total. The topological polar surface area (TPSA) is 103 Å². The first-order valence-electron chi connectivity index (χ1n) is 7.39. The lowest BCUT2D eigenvalue weighted by molar-refractivity contribution is -0.384. The Morgan fingerprint density at radius 3 is 2.42 bits per heavy atom. The van der Waals surface area contributed by atoms with Crippen LogP contribution in [0.4, 0.5) is 5.69 Å². The van der Waals surface area contributed by atoms with E-state index in [9.17, 15) is 19.7 Å². The van der Waals surface area contributed by atoms with Crippen molar-refractivity contribution in [2.24, 2.45) is 0 Å². The van der Waals surface area contributed by atoms with Crippen molar-refractivity contribution < 1.29 is 14.5 Å². The number of benzene rings is 2. The van der Waals surface area contributed by atoms with Gasteiger partial charge in [0, 0.05) is 29.5 Å². The van der Waals surface area contributed by atoms with Gasteiger partial charge in [-0.05, 0) is 11.6 Å². The van der Waals surface area contributed by atoms with Gasteiger partial charge in [-0.3, -0.25) is 19.7 Å². The second kappa shape index (κ2) is 7.20. The first kappa shape index (κ1) is 17.4. The second-order valence-corrected chi connectivity index (χ2v) is 5.58. The van der Waals surface area contributed by atoms with E-state index in [0.717, 1.165) is 6.07 Å². The van der Waals surface area contributed by atoms with E-state index in [1.54, 1.807) is 24.3 Å². The summed E-state index contributed by atoms with van der Waals surface area (Å²) >= 11 is 5.54. The van der Waals surface area contributed by atoms with Crippen molar-refractivity contribution in [2.75, 3.05) is 0 Å². The van der Waals surface area contributed by atoms with Gasteiger partial charge in [0.25, 0.3) is 10.9 Å². The van der Waals surface area contributed by atoms with Gasteiger partial charge < -0.3 is 0 Å². The maximum absolute atomic E-state index is 12.8. The van der Waals surface area contributed by atoms with E-state index in [4.69, 9.17) is 11.6 Å². The van der Waals surface area contributed by atoms with Crippen LogP contribution in [0.25, 0.3) is 11.4 Å². The average Bonchev–Trinajstić information content (AvgIpc) is 2.67. The van der Waals surface area contributed by atoms with Crippen LogP contribution in [-0.4, -0.2) is 25.9 Å². The molecule has 0 aliphatic carbocycles. The molecule has 0 atom stereocenters. The molecule has 7 nitrogen and oxygen atoms in total. The molecule has 0 fully saturated rings. The van der Waals surface area contributed by atoms with Crippen LogP contribution in [-0.2, 0) is 0 Å². The van der Waals surface area contributed by atoms with E-state index in [1.807, 2.05) is 6.07 Å². The molecule has 1 heterocycles. The van der Waals surface area contributed by atoms with E-state index in [0.29, 0.717) is 5.56 Å². The molecule has 0 spiro atoms. The van der Waals surface area contributed by atoms with Crippen LogP contribution in [0.1, 0.15) is 26.4 Å². The summed E-state index contributed by atoms with van der Waals surface area (Å²) in [6.45, 7) is 0. The lowest BCUT2D eigenvalue weighted by Gasteiger charge is -2.07. The number of hydrogen-bond donors (Lipinski definition) is 0. The maximum Gasteiger partial charge on any atom is 0.270 e. The van der Waals surface area contributed by atoms with Gasteiger partial charge in [-0.15, -0.1) is 0 Å². The molecule has 1 aromatic heterocycles. The van der Waals surface area contributed by atoms with Gasteiger partial charge in [0.2, 0.25) is 5.78 Å². The standard InChI is InChI=1S/C18H10ClN3O4/c19-17(24)14-10-20-18(11-5-2-1-3-6-11)21-15(14)16(23)12-7-4-8-13(9-12)22(25)26/h1-10H. The smallest absolute Gasteiger partial charge is 0.270 e. The molecule has 3 rings (SSSR count). The van der Waals surface area contributed by atoms with Gasteiger partial charge in [-0.2, -0.15) is 0 Å². The van der Waals surface area contributed by atoms with Crippen molar-refractivity contribution in [2.45, 2.75) is 0 Å². The largest absolute Gasteiger partial charge is 0.287 e. The Balaban J connectivity index is 2.12. The zero-order chi connectivity index (χ0) is 18.7. The Morgan fingerprint density at radius 1 is 1.04 bits per heavy atom. The van der Waals surface area contributed by atoms with Crippen LogP contribution >= 0.6 is 11.6 Å². The van der Waals surface area contributed by atoms with Crippen molar-refractivity contribution in [3.63, 3.8) is 0 Å². The molecule has 0 saturated heterocycles. The number of halogens is 1. The van der Waals surface area contributed by atoms with Crippen molar-refractivity contribution in [1.29, 1.82) is 0 Å². The fourth-order valence-corrected chi connectivity index (χ4v) is 2.46. The van der Waals surface area contributed by atoms with Crippen LogP contribution in [0, 0.1) is 10.1 Å². The summed E-state index contributed by atoms with van der Waals surface area (Å²) in [4.78, 5) is 43.0. The third-order valence-corrected chi connectivity index (χ3v) is 3.77. The van der Waals surface area contributed by atoms with E-state index in [2.05, 4.69) is 9.97 Å². The summed E-state index contributed by atoms with van der Waals surface area (Å²) in [5, 5.41) is 10.0. The van der Waals surface area contributed by atoms with Crippen molar-refractivity contribution in [3.05, 3.63) is 87.7 Å². The third kappa shape index (κ3) is 3.47. The van der Waals surface area contributed by atoms with Crippen LogP contribution in [0.5, 0.6) is 0 Å². The molecule has 26 heavy (non-hydrogen) atoms. The Labute approximate surface area is 152 Å². The van der Waals surface area contributed by atoms with Gasteiger partial charge in [0.05, 0.1) is 10.5 Å². The summed E-state index contributed by atoms with van der Waals surface area (Å²) < 4.78 is 0. The van der Waals surface area contributed by atoms with Crippen LogP contribution in [0.2, 0.25) is 0 Å². The van der Waals surface area contributed by atoms with E-state index in [1.165, 1.54) is 24.4 Å². The highest BCUT2D eigenvalue weighted by molar-refractivity contribution is 6.68. The van der Waals surface area contributed by atoms with Gasteiger partial charge in [0.15, 0.2) is 5.82 Å². The molecule has 8 heteroatoms. The maximum atomic E-state index is 12.8. The van der Waals surface area contributed by atoms with Gasteiger partial charge in [-0.1, -0.05) is 42.5 Å². The Bertz CT molecular complexity index is 1020. The zero-order valence-electron chi connectivity index (χ0n) is 13.1. The minimum atomic E-state index is -0.890. The lowest BCUT2D eigenvalue weighted by atomic mass is 10.0. The number of rotatable bonds is 5. The Hall–Kier alpha value is -3.45. The van der Waals surface area contributed by atoms with Gasteiger partial charge in [-0.25, -0.2) is 9.97 Å². The van der Waals surface area contributed by atoms with E-state index in [-0.39, 0.29) is 28.3 Å². The monoisotopic (exact) mass is 367 g/mol. The molecule has 0 aliphatic rings. The number of carbonyl (C=O) groups is 2. The van der Waals surface area contributed by atoms with Crippen LogP contribution in [0.15, 0.2) is 60.8 Å². The van der Waals surface area contributed by atoms with E-state index < -0.39 is 15.9 Å². The summed E-state index contributed by atoms with van der Waals surface area (Å²) in [6, 6.07) is 14.0. The molecule has 0 bridgehead atoms. The Kier molecular flexibility index (Phi) is 4.81. The summed E-state index contributed by atoms with van der Waals surface area (Å²) in [6.07, 6.45) is 1.18. The molecule has 0 saturated carbocycles. The summed E-state index contributed by atoms with van der Waals surface area (Å²) in [5.41, 5.74) is 0.0550. The number of carbonyl (C=O) groups excluding carboxylic acids is 2. The molecule has 0 unspecified atom stereocenters. The van der Waals surface area contributed by atoms with Crippen LogP contribution < -0.4 is 0 Å². The number of ketones is 1. The van der Waals surface area contributed by atoms with E-state index >= 15 is 0 Å². The predicted molar refractivity (Wildman–Crippen MR) is 94.2 cm³/mol. The van der Waals surface area contributed by atoms with Crippen LogP contribution in [0.3, 0.4) is 0 Å². The SMILES string of the molecule is O=C(Cl)c1cnc(-c2ccccc2)nc1C(=O)c1cccc([N+](=O)[O-])c1. The molecular weight excluding hydrogens is 358 g/mol. The molecule has 0 amide bonds. The zero-order valence-corrected chi connectivity index (χ0v) is 13.9. The third-order valence-electron chi connectivity index (χ3n) is 3.57. The number of aromatic nitrogens is 2. The minimum Gasteiger partial charge on any atom is -0.287 e.